The van der Waals surface area contributed by atoms with Crippen molar-refractivity contribution in [2.45, 2.75) is 13.5 Å². The molecule has 7 nitrogen and oxygen atoms in total. The van der Waals surface area contributed by atoms with E-state index in [9.17, 15) is 9.59 Å². The fourth-order valence-electron chi connectivity index (χ4n) is 1.20. The molecule has 0 aliphatic rings. The van der Waals surface area contributed by atoms with Crippen LogP contribution in [0, 0.1) is 0 Å². The molecule has 1 aromatic rings. The van der Waals surface area contributed by atoms with Gasteiger partial charge in [0, 0.05) is 19.3 Å². The van der Waals surface area contributed by atoms with Gasteiger partial charge in [-0.2, -0.15) is 0 Å². The van der Waals surface area contributed by atoms with Crippen molar-refractivity contribution < 1.29 is 19.4 Å². The summed E-state index contributed by atoms with van der Waals surface area (Å²) in [6.07, 6.45) is 0.831. The van der Waals surface area contributed by atoms with E-state index >= 15 is 0 Å². The highest BCUT2D eigenvalue weighted by Gasteiger charge is 2.14. The fraction of sp³-hybridized carbons (Fsp3) is 0.364. The van der Waals surface area contributed by atoms with Gasteiger partial charge in [-0.05, 0) is 18.6 Å². The van der Waals surface area contributed by atoms with E-state index < -0.39 is 18.7 Å². The van der Waals surface area contributed by atoms with Crippen LogP contribution in [0.2, 0.25) is 5.15 Å². The molecule has 0 fully saturated rings. The quantitative estimate of drug-likeness (QED) is 0.605. The number of hydrogen-bond acceptors (Lipinski definition) is 5. The second kappa shape index (κ2) is 7.55. The van der Waals surface area contributed by atoms with Crippen LogP contribution in [0.25, 0.3) is 0 Å². The van der Waals surface area contributed by atoms with Crippen molar-refractivity contribution in [2.24, 2.45) is 0 Å². The number of carboxylic acid groups (broad SMARTS) is 1. The molecule has 1 amide bonds. The van der Waals surface area contributed by atoms with Crippen LogP contribution in [0.5, 0.6) is 0 Å². The van der Waals surface area contributed by atoms with Gasteiger partial charge >= 0.3 is 12.1 Å². The summed E-state index contributed by atoms with van der Waals surface area (Å²) in [6, 6.07) is 3.40. The lowest BCUT2D eigenvalue weighted by molar-refractivity contribution is -0.140. The number of rotatable bonds is 6. The number of halogens is 1. The van der Waals surface area contributed by atoms with Gasteiger partial charge in [0.1, 0.15) is 5.15 Å². The van der Waals surface area contributed by atoms with Gasteiger partial charge in [-0.15, -0.1) is 0 Å². The Kier molecular flexibility index (Phi) is 6.04. The molecule has 104 valence electrons. The summed E-state index contributed by atoms with van der Waals surface area (Å²) in [5, 5.41) is 9.98. The van der Waals surface area contributed by atoms with Crippen LogP contribution < -0.4 is 5.43 Å². The smallest absolute Gasteiger partial charge is 0.424 e. The van der Waals surface area contributed by atoms with Gasteiger partial charge < -0.3 is 9.84 Å². The summed E-state index contributed by atoms with van der Waals surface area (Å²) >= 11 is 5.65. The van der Waals surface area contributed by atoms with Crippen molar-refractivity contribution in [3.8, 4) is 0 Å². The van der Waals surface area contributed by atoms with Crippen LogP contribution in [0.4, 0.5) is 4.79 Å². The van der Waals surface area contributed by atoms with Gasteiger partial charge in [-0.25, -0.2) is 25.0 Å². The number of nitrogens with one attached hydrogen (secondary N) is 1. The second-order valence-electron chi connectivity index (χ2n) is 3.52. The number of aliphatic carboxylic acids is 1. The maximum atomic E-state index is 11.5. The van der Waals surface area contributed by atoms with Crippen LogP contribution in [0.1, 0.15) is 12.5 Å². The van der Waals surface area contributed by atoms with Crippen molar-refractivity contribution in [1.82, 2.24) is 15.4 Å². The van der Waals surface area contributed by atoms with Crippen LogP contribution in [-0.2, 0) is 16.1 Å². The second-order valence-corrected chi connectivity index (χ2v) is 3.90. The molecule has 1 aromatic heterocycles. The highest BCUT2D eigenvalue weighted by atomic mass is 35.5. The largest absolute Gasteiger partial charge is 0.479 e. The maximum Gasteiger partial charge on any atom is 0.424 e. The molecular weight excluding hydrogens is 274 g/mol. The number of carboxylic acids is 1. The normalized spacial score (nSPS) is 10.0. The van der Waals surface area contributed by atoms with E-state index in [1.165, 1.54) is 5.01 Å². The zero-order chi connectivity index (χ0) is 14.3. The lowest BCUT2D eigenvalue weighted by atomic mass is 10.3. The molecule has 2 N–H and O–H groups in total. The Morgan fingerprint density at radius 2 is 2.26 bits per heavy atom. The van der Waals surface area contributed by atoms with Crippen LogP contribution >= 0.6 is 11.6 Å². The summed E-state index contributed by atoms with van der Waals surface area (Å²) in [5.41, 5.74) is 3.64. The SMILES string of the molecule is CCN(NCc1ccc(Cl)nc1)C(=O)OCC(=O)O. The molecule has 0 unspecified atom stereocenters. The number of carbonyl (C=O) groups is 2. The number of hydrazine groups is 1. The van der Waals surface area contributed by atoms with E-state index in [4.69, 9.17) is 16.7 Å². The summed E-state index contributed by atoms with van der Waals surface area (Å²) in [7, 11) is 0. The number of pyridine rings is 1. The monoisotopic (exact) mass is 287 g/mol. The number of amides is 1. The Bertz CT molecular complexity index is 438. The first kappa shape index (κ1) is 15.2. The minimum atomic E-state index is -1.20. The number of ether oxygens (including phenoxy) is 1. The van der Waals surface area contributed by atoms with Crippen LogP contribution in [0.15, 0.2) is 18.3 Å². The Morgan fingerprint density at radius 1 is 1.53 bits per heavy atom. The third kappa shape index (κ3) is 5.54. The minimum absolute atomic E-state index is 0.333. The lowest BCUT2D eigenvalue weighted by Crippen LogP contribution is -2.43. The van der Waals surface area contributed by atoms with Crippen LogP contribution in [0.3, 0.4) is 0 Å². The van der Waals surface area contributed by atoms with Gasteiger partial charge in [-0.3, -0.25) is 0 Å². The molecule has 0 aliphatic carbocycles. The summed E-state index contributed by atoms with van der Waals surface area (Å²) in [5.74, 6) is -1.20. The Hall–Kier alpha value is -1.86. The molecule has 0 radical (unpaired) electrons. The average molecular weight is 288 g/mol. The standard InChI is InChI=1S/C11H14ClN3O4/c1-2-15(11(18)19-7-10(16)17)14-6-8-3-4-9(12)13-5-8/h3-5,14H,2,6-7H2,1H3,(H,16,17). The molecule has 0 saturated heterocycles. The van der Waals surface area contributed by atoms with Gasteiger partial charge in [0.05, 0.1) is 0 Å². The summed E-state index contributed by atoms with van der Waals surface area (Å²) in [6.45, 7) is 1.74. The molecular formula is C11H14ClN3O4. The van der Waals surface area contributed by atoms with Crippen molar-refractivity contribution >= 4 is 23.7 Å². The van der Waals surface area contributed by atoms with Crippen LogP contribution in [-0.4, -0.2) is 40.3 Å². The maximum absolute atomic E-state index is 11.5. The number of aromatic nitrogens is 1. The summed E-state index contributed by atoms with van der Waals surface area (Å²) in [4.78, 5) is 25.7. The first-order valence-electron chi connectivity index (χ1n) is 5.53. The zero-order valence-corrected chi connectivity index (χ0v) is 11.1. The predicted octanol–water partition coefficient (Wildman–Crippen LogP) is 1.28. The molecule has 1 heterocycles. The van der Waals surface area contributed by atoms with Crippen molar-refractivity contribution in [3.05, 3.63) is 29.0 Å². The van der Waals surface area contributed by atoms with Crippen molar-refractivity contribution in [1.29, 1.82) is 0 Å². The van der Waals surface area contributed by atoms with E-state index in [2.05, 4.69) is 15.1 Å². The Balaban J connectivity index is 2.45. The average Bonchev–Trinajstić information content (AvgIpc) is 2.39. The molecule has 8 heteroatoms. The highest BCUT2D eigenvalue weighted by Crippen LogP contribution is 2.05. The van der Waals surface area contributed by atoms with Gasteiger partial charge in [0.15, 0.2) is 6.61 Å². The molecule has 19 heavy (non-hydrogen) atoms. The third-order valence-electron chi connectivity index (χ3n) is 2.12. The minimum Gasteiger partial charge on any atom is -0.479 e. The number of nitrogens with zero attached hydrogens (tertiary/aromatic N) is 2. The predicted molar refractivity (Wildman–Crippen MR) is 67.5 cm³/mol. The lowest BCUT2D eigenvalue weighted by Gasteiger charge is -2.20. The third-order valence-corrected chi connectivity index (χ3v) is 2.34. The van der Waals surface area contributed by atoms with Gasteiger partial charge in [0.2, 0.25) is 0 Å². The van der Waals surface area contributed by atoms with E-state index in [-0.39, 0.29) is 0 Å². The molecule has 0 aliphatic heterocycles. The molecule has 0 saturated carbocycles. The van der Waals surface area contributed by atoms with E-state index in [1.54, 1.807) is 25.3 Å². The molecule has 0 atom stereocenters. The molecule has 0 spiro atoms. The number of carbonyl (C=O) groups excluding carboxylic acids is 1. The van der Waals surface area contributed by atoms with Gasteiger partial charge in [-0.1, -0.05) is 17.7 Å². The van der Waals surface area contributed by atoms with E-state index in [0.29, 0.717) is 18.2 Å². The zero-order valence-electron chi connectivity index (χ0n) is 10.3. The molecule has 0 aromatic carbocycles. The van der Waals surface area contributed by atoms with Crippen molar-refractivity contribution in [3.63, 3.8) is 0 Å². The Morgan fingerprint density at radius 3 is 2.79 bits per heavy atom. The topological polar surface area (TPSA) is 91.8 Å². The first-order valence-corrected chi connectivity index (χ1v) is 5.90. The number of hydrogen-bond donors (Lipinski definition) is 2. The van der Waals surface area contributed by atoms with E-state index in [1.807, 2.05) is 0 Å². The van der Waals surface area contributed by atoms with Gasteiger partial charge in [0.25, 0.3) is 0 Å². The molecule has 1 rings (SSSR count). The van der Waals surface area contributed by atoms with E-state index in [0.717, 1.165) is 5.56 Å². The fourth-order valence-corrected chi connectivity index (χ4v) is 1.32. The van der Waals surface area contributed by atoms with Crippen molar-refractivity contribution in [2.75, 3.05) is 13.2 Å². The molecule has 0 bridgehead atoms. The first-order chi connectivity index (χ1) is 9.02. The Labute approximate surface area is 115 Å². The highest BCUT2D eigenvalue weighted by molar-refractivity contribution is 6.29. The summed E-state index contributed by atoms with van der Waals surface area (Å²) < 4.78 is 4.55.